The maximum Gasteiger partial charge on any atom is 0.00502 e. The third kappa shape index (κ3) is 3.45. The van der Waals surface area contributed by atoms with Gasteiger partial charge in [-0.1, -0.05) is 26.7 Å². The Hall–Kier alpha value is -0.0800. The normalized spacial score (nSPS) is 37.2. The zero-order chi connectivity index (χ0) is 12.3. The van der Waals surface area contributed by atoms with Gasteiger partial charge in [0.2, 0.25) is 0 Å². The van der Waals surface area contributed by atoms with Crippen LogP contribution < -0.4 is 5.73 Å². The van der Waals surface area contributed by atoms with Crippen LogP contribution in [-0.4, -0.2) is 31.1 Å². The lowest BCUT2D eigenvalue weighted by Gasteiger charge is -2.44. The Balaban J connectivity index is 1.90. The number of nitrogens with zero attached hydrogens (tertiary/aromatic N) is 1. The summed E-state index contributed by atoms with van der Waals surface area (Å²) in [5, 5.41) is 0. The van der Waals surface area contributed by atoms with Crippen LogP contribution in [0.15, 0.2) is 0 Å². The molecule has 0 aromatic carbocycles. The largest absolute Gasteiger partial charge is 0.330 e. The van der Waals surface area contributed by atoms with E-state index in [9.17, 15) is 0 Å². The molecule has 0 spiro atoms. The van der Waals surface area contributed by atoms with Gasteiger partial charge in [-0.05, 0) is 62.6 Å². The molecule has 0 amide bonds. The van der Waals surface area contributed by atoms with E-state index in [2.05, 4.69) is 18.7 Å². The minimum Gasteiger partial charge on any atom is -0.330 e. The van der Waals surface area contributed by atoms with E-state index in [1.54, 1.807) is 0 Å². The Labute approximate surface area is 107 Å². The quantitative estimate of drug-likeness (QED) is 0.819. The molecule has 2 unspecified atom stereocenters. The van der Waals surface area contributed by atoms with Gasteiger partial charge in [0.25, 0.3) is 0 Å². The summed E-state index contributed by atoms with van der Waals surface area (Å²) in [4.78, 5) is 2.69. The SMILES string of the molecule is CC1CCN(CC2(CN)CCCC(C)C2)CC1. The Morgan fingerprint density at radius 2 is 1.82 bits per heavy atom. The van der Waals surface area contributed by atoms with Crippen LogP contribution in [0.25, 0.3) is 0 Å². The molecule has 0 radical (unpaired) electrons. The summed E-state index contributed by atoms with van der Waals surface area (Å²) in [5.41, 5.74) is 6.56. The predicted octanol–water partition coefficient (Wildman–Crippen LogP) is 2.87. The van der Waals surface area contributed by atoms with Crippen molar-refractivity contribution in [2.75, 3.05) is 26.2 Å². The highest BCUT2D eigenvalue weighted by atomic mass is 15.1. The Kier molecular flexibility index (Phi) is 4.48. The second-order valence-corrected chi connectivity index (χ2v) is 6.86. The van der Waals surface area contributed by atoms with Crippen LogP contribution in [0.4, 0.5) is 0 Å². The smallest absolute Gasteiger partial charge is 0.00502 e. The van der Waals surface area contributed by atoms with Crippen molar-refractivity contribution in [3.05, 3.63) is 0 Å². The molecule has 2 aliphatic rings. The molecule has 1 heterocycles. The third-order valence-corrected chi connectivity index (χ3v) is 5.05. The van der Waals surface area contributed by atoms with Gasteiger partial charge < -0.3 is 10.6 Å². The standard InChI is InChI=1S/C15H30N2/c1-13-5-8-17(9-6-13)12-15(11-16)7-3-4-14(2)10-15/h13-14H,3-12,16H2,1-2H3. The predicted molar refractivity (Wildman–Crippen MR) is 74.0 cm³/mol. The lowest BCUT2D eigenvalue weighted by molar-refractivity contribution is 0.0697. The molecule has 1 aliphatic heterocycles. The van der Waals surface area contributed by atoms with Crippen LogP contribution in [0.5, 0.6) is 0 Å². The van der Waals surface area contributed by atoms with Crippen LogP contribution in [0.3, 0.4) is 0 Å². The molecule has 2 atom stereocenters. The Morgan fingerprint density at radius 1 is 1.12 bits per heavy atom. The van der Waals surface area contributed by atoms with Crippen molar-refractivity contribution in [2.45, 2.75) is 52.4 Å². The molecule has 1 saturated carbocycles. The molecule has 2 nitrogen and oxygen atoms in total. The zero-order valence-corrected chi connectivity index (χ0v) is 11.8. The lowest BCUT2D eigenvalue weighted by Crippen LogP contribution is -2.47. The Bertz CT molecular complexity index is 233. The van der Waals surface area contributed by atoms with Crippen molar-refractivity contribution in [2.24, 2.45) is 23.0 Å². The summed E-state index contributed by atoms with van der Waals surface area (Å²) >= 11 is 0. The van der Waals surface area contributed by atoms with Crippen molar-refractivity contribution in [3.8, 4) is 0 Å². The molecule has 2 rings (SSSR count). The molecule has 1 aliphatic carbocycles. The van der Waals surface area contributed by atoms with Gasteiger partial charge in [0.15, 0.2) is 0 Å². The van der Waals surface area contributed by atoms with E-state index in [0.29, 0.717) is 5.41 Å². The second-order valence-electron chi connectivity index (χ2n) is 6.86. The first kappa shape index (κ1) is 13.4. The molecule has 2 N–H and O–H groups in total. The number of hydrogen-bond donors (Lipinski definition) is 1. The van der Waals surface area contributed by atoms with Gasteiger partial charge >= 0.3 is 0 Å². The number of nitrogens with two attached hydrogens (primary N) is 1. The van der Waals surface area contributed by atoms with Gasteiger partial charge in [-0.25, -0.2) is 0 Å². The molecule has 0 aromatic heterocycles. The van der Waals surface area contributed by atoms with Gasteiger partial charge in [-0.15, -0.1) is 0 Å². The molecule has 0 bridgehead atoms. The number of likely N-dealkylation sites (tertiary alicyclic amines) is 1. The van der Waals surface area contributed by atoms with Crippen molar-refractivity contribution in [3.63, 3.8) is 0 Å². The van der Waals surface area contributed by atoms with Gasteiger partial charge in [0.05, 0.1) is 0 Å². The summed E-state index contributed by atoms with van der Waals surface area (Å²) in [6, 6.07) is 0. The van der Waals surface area contributed by atoms with Gasteiger partial charge in [0.1, 0.15) is 0 Å². The van der Waals surface area contributed by atoms with E-state index in [4.69, 9.17) is 5.73 Å². The minimum absolute atomic E-state index is 0.443. The van der Waals surface area contributed by atoms with E-state index >= 15 is 0 Å². The summed E-state index contributed by atoms with van der Waals surface area (Å²) < 4.78 is 0. The van der Waals surface area contributed by atoms with E-state index in [1.165, 1.54) is 58.2 Å². The van der Waals surface area contributed by atoms with Crippen molar-refractivity contribution >= 4 is 0 Å². The number of piperidine rings is 1. The fourth-order valence-corrected chi connectivity index (χ4v) is 3.86. The topological polar surface area (TPSA) is 29.3 Å². The van der Waals surface area contributed by atoms with Crippen LogP contribution in [0.1, 0.15) is 52.4 Å². The fraction of sp³-hybridized carbons (Fsp3) is 1.00. The molecule has 0 aromatic rings. The summed E-state index contributed by atoms with van der Waals surface area (Å²) in [7, 11) is 0. The molecule has 17 heavy (non-hydrogen) atoms. The van der Waals surface area contributed by atoms with E-state index < -0.39 is 0 Å². The van der Waals surface area contributed by atoms with Gasteiger partial charge in [-0.3, -0.25) is 0 Å². The maximum absolute atomic E-state index is 6.12. The minimum atomic E-state index is 0.443. The molecular weight excluding hydrogens is 208 g/mol. The first-order chi connectivity index (χ1) is 8.13. The lowest BCUT2D eigenvalue weighted by atomic mass is 9.69. The molecule has 1 saturated heterocycles. The summed E-state index contributed by atoms with van der Waals surface area (Å²) in [6.07, 6.45) is 8.29. The van der Waals surface area contributed by atoms with Crippen molar-refractivity contribution in [1.29, 1.82) is 0 Å². The molecule has 2 heteroatoms. The van der Waals surface area contributed by atoms with Crippen LogP contribution in [-0.2, 0) is 0 Å². The second kappa shape index (κ2) is 5.71. The number of rotatable bonds is 3. The summed E-state index contributed by atoms with van der Waals surface area (Å²) in [5.74, 6) is 1.82. The monoisotopic (exact) mass is 238 g/mol. The average molecular weight is 238 g/mol. The molecular formula is C15H30N2. The molecule has 100 valence electrons. The van der Waals surface area contributed by atoms with E-state index in [1.807, 2.05) is 0 Å². The highest BCUT2D eigenvalue weighted by Gasteiger charge is 2.35. The van der Waals surface area contributed by atoms with E-state index in [-0.39, 0.29) is 0 Å². The van der Waals surface area contributed by atoms with Crippen LogP contribution in [0, 0.1) is 17.3 Å². The zero-order valence-electron chi connectivity index (χ0n) is 11.8. The van der Waals surface area contributed by atoms with Crippen molar-refractivity contribution in [1.82, 2.24) is 4.90 Å². The third-order valence-electron chi connectivity index (χ3n) is 5.05. The summed E-state index contributed by atoms with van der Waals surface area (Å²) in [6.45, 7) is 9.55. The average Bonchev–Trinajstić information content (AvgIpc) is 2.32. The highest BCUT2D eigenvalue weighted by molar-refractivity contribution is 4.89. The number of hydrogen-bond acceptors (Lipinski definition) is 2. The maximum atomic E-state index is 6.12. The van der Waals surface area contributed by atoms with Crippen LogP contribution in [0.2, 0.25) is 0 Å². The highest BCUT2D eigenvalue weighted by Crippen LogP contribution is 2.39. The van der Waals surface area contributed by atoms with Gasteiger partial charge in [0, 0.05) is 6.54 Å². The van der Waals surface area contributed by atoms with E-state index in [0.717, 1.165) is 18.4 Å². The van der Waals surface area contributed by atoms with Crippen LogP contribution >= 0.6 is 0 Å². The van der Waals surface area contributed by atoms with Gasteiger partial charge in [-0.2, -0.15) is 0 Å². The molecule has 2 fully saturated rings. The first-order valence-corrected chi connectivity index (χ1v) is 7.56. The first-order valence-electron chi connectivity index (χ1n) is 7.56. The Morgan fingerprint density at radius 3 is 2.41 bits per heavy atom. The fourth-order valence-electron chi connectivity index (χ4n) is 3.86. The van der Waals surface area contributed by atoms with Crippen molar-refractivity contribution < 1.29 is 0 Å².